The number of nitrogens with two attached hydrogens (primary N) is 1. The van der Waals surface area contributed by atoms with Crippen molar-refractivity contribution in [3.63, 3.8) is 0 Å². The van der Waals surface area contributed by atoms with Gasteiger partial charge in [0.15, 0.2) is 0 Å². The molecule has 2 heteroatoms. The first-order valence-electron chi connectivity index (χ1n) is 6.60. The van der Waals surface area contributed by atoms with E-state index < -0.39 is 0 Å². The van der Waals surface area contributed by atoms with E-state index in [9.17, 15) is 0 Å². The molecular formula is C15H25NO. The van der Waals surface area contributed by atoms with Crippen LogP contribution in [0.25, 0.3) is 0 Å². The van der Waals surface area contributed by atoms with Gasteiger partial charge in [-0.15, -0.1) is 0 Å². The zero-order valence-electron chi connectivity index (χ0n) is 11.3. The summed E-state index contributed by atoms with van der Waals surface area (Å²) < 4.78 is 5.80. The van der Waals surface area contributed by atoms with Crippen LogP contribution < -0.4 is 10.5 Å². The Bertz CT molecular complexity index is 324. The topological polar surface area (TPSA) is 35.2 Å². The van der Waals surface area contributed by atoms with Crippen LogP contribution >= 0.6 is 0 Å². The third-order valence-electron chi connectivity index (χ3n) is 3.26. The van der Waals surface area contributed by atoms with E-state index in [1.807, 2.05) is 6.07 Å². The van der Waals surface area contributed by atoms with Gasteiger partial charge in [0.25, 0.3) is 0 Å². The van der Waals surface area contributed by atoms with Crippen molar-refractivity contribution < 1.29 is 4.74 Å². The molecule has 17 heavy (non-hydrogen) atoms. The molecule has 0 saturated carbocycles. The standard InChI is InChI=1S/C15H25NO/c1-4-12(2)11-17-15-7-5-6-14(10-15)13(3)8-9-16/h5-7,10,12-13H,4,8-9,11,16H2,1-3H3. The maximum Gasteiger partial charge on any atom is 0.119 e. The molecule has 0 bridgehead atoms. The number of hydrogen-bond acceptors (Lipinski definition) is 2. The van der Waals surface area contributed by atoms with Crippen molar-refractivity contribution in [1.82, 2.24) is 0 Å². The van der Waals surface area contributed by atoms with Crippen LogP contribution in [0.1, 0.15) is 45.1 Å². The Morgan fingerprint density at radius 2 is 2.06 bits per heavy atom. The van der Waals surface area contributed by atoms with Crippen molar-refractivity contribution in [2.45, 2.75) is 39.5 Å². The van der Waals surface area contributed by atoms with Crippen LogP contribution in [-0.2, 0) is 0 Å². The zero-order valence-corrected chi connectivity index (χ0v) is 11.3. The number of ether oxygens (including phenoxy) is 1. The SMILES string of the molecule is CCC(C)COc1cccc(C(C)CCN)c1. The summed E-state index contributed by atoms with van der Waals surface area (Å²) in [7, 11) is 0. The van der Waals surface area contributed by atoms with Gasteiger partial charge in [0.05, 0.1) is 6.61 Å². The molecule has 0 saturated heterocycles. The van der Waals surface area contributed by atoms with Gasteiger partial charge in [-0.05, 0) is 42.5 Å². The summed E-state index contributed by atoms with van der Waals surface area (Å²) in [5.41, 5.74) is 6.91. The summed E-state index contributed by atoms with van der Waals surface area (Å²) in [6.07, 6.45) is 2.18. The summed E-state index contributed by atoms with van der Waals surface area (Å²) in [4.78, 5) is 0. The Morgan fingerprint density at radius 1 is 1.29 bits per heavy atom. The molecule has 0 aliphatic heterocycles. The lowest BCUT2D eigenvalue weighted by atomic mass is 9.98. The van der Waals surface area contributed by atoms with Gasteiger partial charge in [0.2, 0.25) is 0 Å². The second kappa shape index (κ2) is 7.33. The predicted octanol–water partition coefficient (Wildman–Crippen LogP) is 3.56. The lowest BCUT2D eigenvalue weighted by molar-refractivity contribution is 0.256. The minimum atomic E-state index is 0.507. The summed E-state index contributed by atoms with van der Waals surface area (Å²) >= 11 is 0. The smallest absolute Gasteiger partial charge is 0.119 e. The van der Waals surface area contributed by atoms with Gasteiger partial charge in [-0.25, -0.2) is 0 Å². The van der Waals surface area contributed by atoms with E-state index in [4.69, 9.17) is 10.5 Å². The molecule has 96 valence electrons. The molecule has 0 aromatic heterocycles. The van der Waals surface area contributed by atoms with Crippen molar-refractivity contribution in [3.8, 4) is 5.75 Å². The predicted molar refractivity (Wildman–Crippen MR) is 73.5 cm³/mol. The van der Waals surface area contributed by atoms with E-state index in [-0.39, 0.29) is 0 Å². The maximum absolute atomic E-state index is 5.80. The molecule has 2 N–H and O–H groups in total. The van der Waals surface area contributed by atoms with E-state index >= 15 is 0 Å². The highest BCUT2D eigenvalue weighted by atomic mass is 16.5. The lowest BCUT2D eigenvalue weighted by Crippen LogP contribution is -2.08. The minimum absolute atomic E-state index is 0.507. The van der Waals surface area contributed by atoms with Crippen molar-refractivity contribution in [3.05, 3.63) is 29.8 Å². The maximum atomic E-state index is 5.80. The summed E-state index contributed by atoms with van der Waals surface area (Å²) in [5.74, 6) is 2.10. The molecule has 0 heterocycles. The molecule has 0 fully saturated rings. The Hall–Kier alpha value is -1.02. The van der Waals surface area contributed by atoms with Crippen molar-refractivity contribution >= 4 is 0 Å². The highest BCUT2D eigenvalue weighted by Crippen LogP contribution is 2.23. The van der Waals surface area contributed by atoms with E-state index in [1.165, 1.54) is 5.56 Å². The van der Waals surface area contributed by atoms with Crippen LogP contribution in [-0.4, -0.2) is 13.2 Å². The van der Waals surface area contributed by atoms with Gasteiger partial charge in [-0.1, -0.05) is 39.3 Å². The lowest BCUT2D eigenvalue weighted by Gasteiger charge is -2.14. The first kappa shape index (κ1) is 14.0. The second-order valence-corrected chi connectivity index (χ2v) is 4.88. The fraction of sp³-hybridized carbons (Fsp3) is 0.600. The van der Waals surface area contributed by atoms with Gasteiger partial charge in [0.1, 0.15) is 5.75 Å². The summed E-state index contributed by atoms with van der Waals surface area (Å²) in [6.45, 7) is 8.14. The fourth-order valence-electron chi connectivity index (χ4n) is 1.68. The van der Waals surface area contributed by atoms with Gasteiger partial charge in [-0.3, -0.25) is 0 Å². The number of hydrogen-bond donors (Lipinski definition) is 1. The Labute approximate surface area is 105 Å². The van der Waals surface area contributed by atoms with Gasteiger partial charge in [0, 0.05) is 0 Å². The molecule has 2 unspecified atom stereocenters. The van der Waals surface area contributed by atoms with Crippen LogP contribution in [0.5, 0.6) is 5.75 Å². The summed E-state index contributed by atoms with van der Waals surface area (Å²) in [6, 6.07) is 8.38. The highest BCUT2D eigenvalue weighted by molar-refractivity contribution is 5.30. The van der Waals surface area contributed by atoms with Crippen molar-refractivity contribution in [1.29, 1.82) is 0 Å². The molecule has 2 atom stereocenters. The Morgan fingerprint density at radius 3 is 2.71 bits per heavy atom. The first-order valence-corrected chi connectivity index (χ1v) is 6.60. The third kappa shape index (κ3) is 4.78. The average Bonchev–Trinajstić information content (AvgIpc) is 2.36. The van der Waals surface area contributed by atoms with E-state index in [0.717, 1.165) is 31.7 Å². The molecule has 0 aliphatic carbocycles. The van der Waals surface area contributed by atoms with Crippen LogP contribution in [0.4, 0.5) is 0 Å². The second-order valence-electron chi connectivity index (χ2n) is 4.88. The van der Waals surface area contributed by atoms with Crippen molar-refractivity contribution in [2.24, 2.45) is 11.7 Å². The molecule has 1 aromatic carbocycles. The molecule has 1 aromatic rings. The molecule has 1 rings (SSSR count). The van der Waals surface area contributed by atoms with Crippen LogP contribution in [0.2, 0.25) is 0 Å². The fourth-order valence-corrected chi connectivity index (χ4v) is 1.68. The molecule has 2 nitrogen and oxygen atoms in total. The molecule has 0 radical (unpaired) electrons. The highest BCUT2D eigenvalue weighted by Gasteiger charge is 2.06. The van der Waals surface area contributed by atoms with Crippen molar-refractivity contribution in [2.75, 3.05) is 13.2 Å². The van der Waals surface area contributed by atoms with E-state index in [0.29, 0.717) is 11.8 Å². The molecule has 0 spiro atoms. The van der Waals surface area contributed by atoms with Crippen LogP contribution in [0.15, 0.2) is 24.3 Å². The molecule has 0 aliphatic rings. The first-order chi connectivity index (χ1) is 8.17. The zero-order chi connectivity index (χ0) is 12.7. The Kier molecular flexibility index (Phi) is 6.06. The monoisotopic (exact) mass is 235 g/mol. The van der Waals surface area contributed by atoms with Crippen LogP contribution in [0, 0.1) is 5.92 Å². The molecule has 0 amide bonds. The van der Waals surface area contributed by atoms with Gasteiger partial charge >= 0.3 is 0 Å². The van der Waals surface area contributed by atoms with E-state index in [2.05, 4.69) is 39.0 Å². The normalized spacial score (nSPS) is 14.4. The summed E-state index contributed by atoms with van der Waals surface area (Å²) in [5, 5.41) is 0. The van der Waals surface area contributed by atoms with Gasteiger partial charge < -0.3 is 10.5 Å². The molecular weight excluding hydrogens is 210 g/mol. The van der Waals surface area contributed by atoms with Crippen LogP contribution in [0.3, 0.4) is 0 Å². The average molecular weight is 235 g/mol. The van der Waals surface area contributed by atoms with Gasteiger partial charge in [-0.2, -0.15) is 0 Å². The number of benzene rings is 1. The number of rotatable bonds is 7. The largest absolute Gasteiger partial charge is 0.493 e. The quantitative estimate of drug-likeness (QED) is 0.784. The van der Waals surface area contributed by atoms with E-state index in [1.54, 1.807) is 0 Å². The Balaban J connectivity index is 2.59. The minimum Gasteiger partial charge on any atom is -0.493 e. The third-order valence-corrected chi connectivity index (χ3v) is 3.26.